The van der Waals surface area contributed by atoms with Gasteiger partial charge in [-0.2, -0.15) is 0 Å². The molecule has 2 aliphatic rings. The van der Waals surface area contributed by atoms with Crippen LogP contribution in [0.5, 0.6) is 0 Å². The van der Waals surface area contributed by atoms with Crippen molar-refractivity contribution >= 4 is 18.0 Å². The monoisotopic (exact) mass is 461 g/mol. The van der Waals surface area contributed by atoms with Crippen LogP contribution in [0.25, 0.3) is 11.1 Å². The van der Waals surface area contributed by atoms with Gasteiger partial charge in [0.2, 0.25) is 0 Å². The molecule has 1 aromatic heterocycles. The van der Waals surface area contributed by atoms with Gasteiger partial charge in [0.1, 0.15) is 12.6 Å². The van der Waals surface area contributed by atoms with Crippen LogP contribution in [-0.4, -0.2) is 52.2 Å². The third-order valence-corrected chi connectivity index (χ3v) is 6.38. The van der Waals surface area contributed by atoms with E-state index in [9.17, 15) is 19.5 Å². The van der Waals surface area contributed by atoms with Gasteiger partial charge in [-0.25, -0.2) is 14.6 Å². The SMILES string of the molecule is O=C(NCc1ocnc1C(=O)N1CCCC1C(=O)O)OCC1c2ccccc2-c2ccccc21. The number of benzene rings is 2. The van der Waals surface area contributed by atoms with Crippen molar-refractivity contribution in [1.82, 2.24) is 15.2 Å². The van der Waals surface area contributed by atoms with E-state index in [2.05, 4.69) is 22.4 Å². The van der Waals surface area contributed by atoms with E-state index < -0.39 is 24.0 Å². The van der Waals surface area contributed by atoms with Gasteiger partial charge in [-0.1, -0.05) is 48.5 Å². The highest BCUT2D eigenvalue weighted by molar-refractivity contribution is 5.96. The summed E-state index contributed by atoms with van der Waals surface area (Å²) in [5.41, 5.74) is 4.49. The van der Waals surface area contributed by atoms with Crippen LogP contribution < -0.4 is 5.32 Å². The van der Waals surface area contributed by atoms with Gasteiger partial charge in [-0.05, 0) is 35.1 Å². The molecule has 1 atom stereocenters. The van der Waals surface area contributed by atoms with Gasteiger partial charge in [-0.3, -0.25) is 4.79 Å². The Kier molecular flexibility index (Phi) is 5.75. The third kappa shape index (κ3) is 3.89. The third-order valence-electron chi connectivity index (χ3n) is 6.38. The minimum Gasteiger partial charge on any atom is -0.480 e. The lowest BCUT2D eigenvalue weighted by Gasteiger charge is -2.20. The summed E-state index contributed by atoms with van der Waals surface area (Å²) >= 11 is 0. The summed E-state index contributed by atoms with van der Waals surface area (Å²) in [6.45, 7) is 0.390. The normalized spacial score (nSPS) is 16.7. The van der Waals surface area contributed by atoms with Crippen molar-refractivity contribution in [2.45, 2.75) is 31.3 Å². The molecule has 174 valence electrons. The molecule has 1 aliphatic heterocycles. The summed E-state index contributed by atoms with van der Waals surface area (Å²) in [4.78, 5) is 41.9. The molecular formula is C25H23N3O6. The molecule has 0 radical (unpaired) electrons. The Morgan fingerprint density at radius 2 is 1.76 bits per heavy atom. The van der Waals surface area contributed by atoms with Gasteiger partial charge in [0.25, 0.3) is 5.91 Å². The number of carbonyl (C=O) groups excluding carboxylic acids is 2. The van der Waals surface area contributed by atoms with Crippen molar-refractivity contribution in [2.75, 3.05) is 13.2 Å². The Labute approximate surface area is 195 Å². The van der Waals surface area contributed by atoms with Crippen LogP contribution in [0.2, 0.25) is 0 Å². The van der Waals surface area contributed by atoms with Crippen LogP contribution in [0.1, 0.15) is 46.1 Å². The summed E-state index contributed by atoms with van der Waals surface area (Å²) in [6.07, 6.45) is 1.45. The lowest BCUT2D eigenvalue weighted by Crippen LogP contribution is -2.41. The number of amides is 2. The molecule has 5 rings (SSSR count). The molecule has 34 heavy (non-hydrogen) atoms. The van der Waals surface area contributed by atoms with Crippen molar-refractivity contribution in [1.29, 1.82) is 0 Å². The number of oxazole rings is 1. The van der Waals surface area contributed by atoms with Crippen molar-refractivity contribution < 1.29 is 28.6 Å². The molecule has 0 spiro atoms. The average Bonchev–Trinajstić information content (AvgIpc) is 3.59. The standard InChI is InChI=1S/C25H23N3O6/c29-23(28-11-5-10-20(28)24(30)31)22-21(34-14-27-22)12-26-25(32)33-13-19-17-8-3-1-6-15(17)16-7-2-4-9-18(16)19/h1-4,6-9,14,19-20H,5,10-13H2,(H,26,32)(H,30,31). The van der Waals surface area contributed by atoms with Gasteiger partial charge in [-0.15, -0.1) is 0 Å². The number of carboxylic acid groups (broad SMARTS) is 1. The van der Waals surface area contributed by atoms with Gasteiger partial charge in [0.15, 0.2) is 17.8 Å². The predicted molar refractivity (Wildman–Crippen MR) is 120 cm³/mol. The largest absolute Gasteiger partial charge is 0.480 e. The maximum absolute atomic E-state index is 12.8. The highest BCUT2D eigenvalue weighted by atomic mass is 16.5. The lowest BCUT2D eigenvalue weighted by atomic mass is 9.98. The number of fused-ring (bicyclic) bond motifs is 3. The number of hydrogen-bond donors (Lipinski definition) is 2. The van der Waals surface area contributed by atoms with Crippen LogP contribution in [0, 0.1) is 0 Å². The number of alkyl carbamates (subject to hydrolysis) is 1. The number of nitrogens with zero attached hydrogens (tertiary/aromatic N) is 2. The quantitative estimate of drug-likeness (QED) is 0.577. The average molecular weight is 461 g/mol. The molecular weight excluding hydrogens is 438 g/mol. The van der Waals surface area contributed by atoms with E-state index in [0.717, 1.165) is 28.6 Å². The first-order valence-electron chi connectivity index (χ1n) is 11.1. The Balaban J connectivity index is 1.21. The van der Waals surface area contributed by atoms with E-state index >= 15 is 0 Å². The van der Waals surface area contributed by atoms with Gasteiger partial charge >= 0.3 is 12.1 Å². The minimum atomic E-state index is -1.05. The number of hydrogen-bond acceptors (Lipinski definition) is 6. The van der Waals surface area contributed by atoms with Crippen LogP contribution in [0.15, 0.2) is 59.3 Å². The highest BCUT2D eigenvalue weighted by Gasteiger charge is 2.36. The van der Waals surface area contributed by atoms with Gasteiger partial charge < -0.3 is 24.5 Å². The van der Waals surface area contributed by atoms with E-state index in [1.807, 2.05) is 36.4 Å². The zero-order valence-electron chi connectivity index (χ0n) is 18.3. The Bertz CT molecular complexity index is 1210. The van der Waals surface area contributed by atoms with Crippen LogP contribution in [0.4, 0.5) is 4.79 Å². The van der Waals surface area contributed by atoms with Gasteiger partial charge in [0, 0.05) is 12.5 Å². The summed E-state index contributed by atoms with van der Waals surface area (Å²) in [5.74, 6) is -1.49. The predicted octanol–water partition coefficient (Wildman–Crippen LogP) is 3.40. The molecule has 1 aliphatic carbocycles. The lowest BCUT2D eigenvalue weighted by molar-refractivity contribution is -0.141. The fraction of sp³-hybridized carbons (Fsp3) is 0.280. The van der Waals surface area contributed by atoms with E-state index in [4.69, 9.17) is 9.15 Å². The summed E-state index contributed by atoms with van der Waals surface area (Å²) in [7, 11) is 0. The van der Waals surface area contributed by atoms with E-state index in [0.29, 0.717) is 19.4 Å². The molecule has 9 heteroatoms. The summed E-state index contributed by atoms with van der Waals surface area (Å²) < 4.78 is 10.8. The number of nitrogens with one attached hydrogen (secondary N) is 1. The number of ether oxygens (including phenoxy) is 1. The van der Waals surface area contributed by atoms with Gasteiger partial charge in [0.05, 0.1) is 6.54 Å². The molecule has 1 saturated heterocycles. The maximum Gasteiger partial charge on any atom is 0.407 e. The number of aromatic nitrogens is 1. The summed E-state index contributed by atoms with van der Waals surface area (Å²) in [6, 6.07) is 15.2. The zero-order valence-corrected chi connectivity index (χ0v) is 18.3. The first-order chi connectivity index (χ1) is 16.5. The molecule has 0 saturated carbocycles. The highest BCUT2D eigenvalue weighted by Crippen LogP contribution is 2.44. The van der Waals surface area contributed by atoms with Crippen LogP contribution in [-0.2, 0) is 16.1 Å². The van der Waals surface area contributed by atoms with Crippen molar-refractivity contribution in [2.24, 2.45) is 0 Å². The molecule has 0 bridgehead atoms. The Morgan fingerprint density at radius 3 is 2.44 bits per heavy atom. The molecule has 2 aromatic carbocycles. The number of likely N-dealkylation sites (tertiary alicyclic amines) is 1. The van der Waals surface area contributed by atoms with E-state index in [1.165, 1.54) is 4.90 Å². The molecule has 2 heterocycles. The fourth-order valence-corrected chi connectivity index (χ4v) is 4.77. The Morgan fingerprint density at radius 1 is 1.09 bits per heavy atom. The van der Waals surface area contributed by atoms with Crippen molar-refractivity contribution in [3.05, 3.63) is 77.5 Å². The number of carboxylic acids is 1. The van der Waals surface area contributed by atoms with Crippen LogP contribution >= 0.6 is 0 Å². The summed E-state index contributed by atoms with van der Waals surface area (Å²) in [5, 5.41) is 11.9. The first-order valence-corrected chi connectivity index (χ1v) is 11.1. The Hall–Kier alpha value is -4.14. The van der Waals surface area contributed by atoms with E-state index in [1.54, 1.807) is 0 Å². The smallest absolute Gasteiger partial charge is 0.407 e. The number of carbonyl (C=O) groups is 3. The minimum absolute atomic E-state index is 0.00732. The van der Waals surface area contributed by atoms with E-state index in [-0.39, 0.29) is 30.5 Å². The van der Waals surface area contributed by atoms with Crippen molar-refractivity contribution in [3.63, 3.8) is 0 Å². The number of aliphatic carboxylic acids is 1. The van der Waals surface area contributed by atoms with Crippen molar-refractivity contribution in [3.8, 4) is 11.1 Å². The molecule has 3 aromatic rings. The number of rotatable bonds is 6. The first kappa shape index (κ1) is 21.7. The zero-order chi connectivity index (χ0) is 23.7. The maximum atomic E-state index is 12.8. The molecule has 1 unspecified atom stereocenters. The second kappa shape index (κ2) is 9.01. The molecule has 9 nitrogen and oxygen atoms in total. The van der Waals surface area contributed by atoms with Crippen LogP contribution in [0.3, 0.4) is 0 Å². The molecule has 2 N–H and O–H groups in total. The second-order valence-electron chi connectivity index (χ2n) is 8.30. The second-order valence-corrected chi connectivity index (χ2v) is 8.30. The molecule has 1 fully saturated rings. The molecule has 2 amide bonds. The topological polar surface area (TPSA) is 122 Å². The fourth-order valence-electron chi connectivity index (χ4n) is 4.77.